The van der Waals surface area contributed by atoms with Crippen LogP contribution < -0.4 is 10.4 Å². The van der Waals surface area contributed by atoms with Crippen molar-refractivity contribution in [3.05, 3.63) is 55.9 Å². The van der Waals surface area contributed by atoms with Crippen molar-refractivity contribution in [1.82, 2.24) is 19.3 Å². The fraction of sp³-hybridized carbons (Fsp3) is 0.412. The lowest BCUT2D eigenvalue weighted by Gasteiger charge is -2.09. The van der Waals surface area contributed by atoms with Crippen LogP contribution in [0.4, 0.5) is 0 Å². The zero-order valence-electron chi connectivity index (χ0n) is 13.0. The van der Waals surface area contributed by atoms with Crippen LogP contribution in [0.1, 0.15) is 49.3 Å². The fourth-order valence-corrected chi connectivity index (χ4v) is 4.04. The molecule has 2 saturated carbocycles. The van der Waals surface area contributed by atoms with E-state index in [0.29, 0.717) is 17.3 Å². The number of hydrogen-bond donors (Lipinski definition) is 0. The molecule has 5 rings (SSSR count). The molecule has 1 aromatic carbocycles. The van der Waals surface area contributed by atoms with Crippen LogP contribution in [0.15, 0.2) is 33.9 Å². The molecule has 0 unspecified atom stereocenters. The van der Waals surface area contributed by atoms with Gasteiger partial charge in [-0.1, -0.05) is 23.5 Å². The molecule has 2 fully saturated rings. The molecular formula is C17H16N4O2S. The summed E-state index contributed by atoms with van der Waals surface area (Å²) in [6.45, 7) is 0.204. The molecule has 0 N–H and O–H groups in total. The van der Waals surface area contributed by atoms with Gasteiger partial charge in [-0.25, -0.2) is 0 Å². The van der Waals surface area contributed by atoms with Crippen LogP contribution in [0.5, 0.6) is 0 Å². The van der Waals surface area contributed by atoms with Crippen LogP contribution in [0, 0.1) is 0 Å². The first-order valence-electron chi connectivity index (χ1n) is 8.29. The fourth-order valence-electron chi connectivity index (χ4n) is 3.18. The maximum atomic E-state index is 12.7. The van der Waals surface area contributed by atoms with E-state index in [9.17, 15) is 9.59 Å². The van der Waals surface area contributed by atoms with E-state index in [1.165, 1.54) is 4.57 Å². The highest BCUT2D eigenvalue weighted by molar-refractivity contribution is 7.16. The summed E-state index contributed by atoms with van der Waals surface area (Å²) in [7, 11) is 0. The number of rotatable bonds is 4. The molecular weight excluding hydrogens is 324 g/mol. The van der Waals surface area contributed by atoms with Gasteiger partial charge in [0, 0.05) is 16.7 Å². The molecule has 7 heteroatoms. The van der Waals surface area contributed by atoms with E-state index >= 15 is 0 Å². The third kappa shape index (κ3) is 2.23. The second kappa shape index (κ2) is 5.11. The highest BCUT2D eigenvalue weighted by Crippen LogP contribution is 2.44. The van der Waals surface area contributed by atoms with Gasteiger partial charge in [0.2, 0.25) is 0 Å². The maximum Gasteiger partial charge on any atom is 0.310 e. The van der Waals surface area contributed by atoms with Gasteiger partial charge in [-0.05, 0) is 37.8 Å². The second-order valence-corrected chi connectivity index (χ2v) is 7.60. The van der Waals surface area contributed by atoms with Gasteiger partial charge in [-0.2, -0.15) is 0 Å². The molecule has 0 saturated heterocycles. The third-order valence-electron chi connectivity index (χ3n) is 4.73. The molecule has 2 heterocycles. The molecule has 2 aliphatic carbocycles. The molecule has 24 heavy (non-hydrogen) atoms. The van der Waals surface area contributed by atoms with Gasteiger partial charge >= 0.3 is 4.87 Å². The zero-order chi connectivity index (χ0) is 16.3. The summed E-state index contributed by atoms with van der Waals surface area (Å²) in [5.74, 6) is 2.29. The van der Waals surface area contributed by atoms with Crippen LogP contribution in [-0.2, 0) is 6.54 Å². The summed E-state index contributed by atoms with van der Waals surface area (Å²) < 4.78 is 4.21. The standard InChI is InChI=1S/C17H16N4O2S/c22-16-12-3-1-2-4-13(12)24-17(23)20(16)9-14-18-19-15(10-5-6-10)21(14)11-7-8-11/h1-4,10-11H,5-9H2. The predicted molar refractivity (Wildman–Crippen MR) is 91.7 cm³/mol. The number of nitrogens with zero attached hydrogens (tertiary/aromatic N) is 4. The molecule has 0 aliphatic heterocycles. The average Bonchev–Trinajstić information content (AvgIpc) is 3.50. The second-order valence-electron chi connectivity index (χ2n) is 6.61. The molecule has 0 spiro atoms. The molecule has 3 aromatic rings. The Balaban J connectivity index is 1.63. The Bertz CT molecular complexity index is 1060. The monoisotopic (exact) mass is 340 g/mol. The van der Waals surface area contributed by atoms with Crippen LogP contribution in [-0.4, -0.2) is 19.3 Å². The minimum absolute atomic E-state index is 0.204. The number of hydrogen-bond acceptors (Lipinski definition) is 5. The van der Waals surface area contributed by atoms with Crippen molar-refractivity contribution in [3.63, 3.8) is 0 Å². The molecule has 122 valence electrons. The predicted octanol–water partition coefficient (Wildman–Crippen LogP) is 2.28. The largest absolute Gasteiger partial charge is 0.310 e. The van der Waals surface area contributed by atoms with Gasteiger partial charge in [0.25, 0.3) is 5.56 Å². The lowest BCUT2D eigenvalue weighted by Crippen LogP contribution is -2.32. The minimum Gasteiger partial charge on any atom is -0.310 e. The van der Waals surface area contributed by atoms with Crippen molar-refractivity contribution in [2.75, 3.05) is 0 Å². The summed E-state index contributed by atoms with van der Waals surface area (Å²) in [6, 6.07) is 7.69. The minimum atomic E-state index is -0.243. The topological polar surface area (TPSA) is 69.8 Å². The molecule has 0 atom stereocenters. The molecule has 0 amide bonds. The van der Waals surface area contributed by atoms with Crippen LogP contribution >= 0.6 is 11.3 Å². The molecule has 0 bridgehead atoms. The SMILES string of the molecule is O=c1sc2ccccc2c(=O)n1Cc1nnc(C2CC2)n1C1CC1. The highest BCUT2D eigenvalue weighted by Gasteiger charge is 2.36. The summed E-state index contributed by atoms with van der Waals surface area (Å²) in [6.07, 6.45) is 4.58. The van der Waals surface area contributed by atoms with E-state index < -0.39 is 0 Å². The smallest absolute Gasteiger partial charge is 0.310 e. The summed E-state index contributed by atoms with van der Waals surface area (Å²) in [5.41, 5.74) is -0.243. The number of benzene rings is 1. The third-order valence-corrected chi connectivity index (χ3v) is 5.70. The van der Waals surface area contributed by atoms with Crippen molar-refractivity contribution in [3.8, 4) is 0 Å². The Morgan fingerprint density at radius 1 is 1.08 bits per heavy atom. The number of fused-ring (bicyclic) bond motifs is 1. The lowest BCUT2D eigenvalue weighted by molar-refractivity contribution is 0.606. The quantitative estimate of drug-likeness (QED) is 0.730. The molecule has 2 aromatic heterocycles. The van der Waals surface area contributed by atoms with E-state index in [4.69, 9.17) is 0 Å². The van der Waals surface area contributed by atoms with Gasteiger partial charge in [0.05, 0.1) is 11.9 Å². The first-order valence-corrected chi connectivity index (χ1v) is 9.10. The Hall–Kier alpha value is -2.28. The van der Waals surface area contributed by atoms with Gasteiger partial charge in [0.15, 0.2) is 5.82 Å². The van der Waals surface area contributed by atoms with Crippen molar-refractivity contribution in [1.29, 1.82) is 0 Å². The zero-order valence-corrected chi connectivity index (χ0v) is 13.8. The normalized spacial score (nSPS) is 17.5. The van der Waals surface area contributed by atoms with Crippen LogP contribution in [0.2, 0.25) is 0 Å². The van der Waals surface area contributed by atoms with Crippen molar-refractivity contribution in [2.45, 2.75) is 44.2 Å². The van der Waals surface area contributed by atoms with Gasteiger partial charge < -0.3 is 4.57 Å². The summed E-state index contributed by atoms with van der Waals surface area (Å²) in [5, 5.41) is 9.26. The van der Waals surface area contributed by atoms with Crippen LogP contribution in [0.25, 0.3) is 10.1 Å². The first kappa shape index (κ1) is 14.1. The Labute approximate surface area is 141 Å². The van der Waals surface area contributed by atoms with Gasteiger partial charge in [-0.15, -0.1) is 10.2 Å². The van der Waals surface area contributed by atoms with E-state index in [-0.39, 0.29) is 17.0 Å². The van der Waals surface area contributed by atoms with E-state index in [2.05, 4.69) is 14.8 Å². The number of aromatic nitrogens is 4. The Kier molecular flexibility index (Phi) is 3.00. The molecule has 6 nitrogen and oxygen atoms in total. The van der Waals surface area contributed by atoms with E-state index in [0.717, 1.165) is 53.4 Å². The maximum absolute atomic E-state index is 12.7. The van der Waals surface area contributed by atoms with E-state index in [1.807, 2.05) is 18.2 Å². The average molecular weight is 340 g/mol. The van der Waals surface area contributed by atoms with Crippen molar-refractivity contribution < 1.29 is 0 Å². The van der Waals surface area contributed by atoms with Gasteiger partial charge in [-0.3, -0.25) is 14.2 Å². The van der Waals surface area contributed by atoms with Crippen molar-refractivity contribution in [2.24, 2.45) is 0 Å². The summed E-state index contributed by atoms with van der Waals surface area (Å²) in [4.78, 5) is 24.9. The molecule has 0 radical (unpaired) electrons. The van der Waals surface area contributed by atoms with Gasteiger partial charge in [0.1, 0.15) is 5.82 Å². The van der Waals surface area contributed by atoms with E-state index in [1.54, 1.807) is 6.07 Å². The van der Waals surface area contributed by atoms with Crippen LogP contribution in [0.3, 0.4) is 0 Å². The Morgan fingerprint density at radius 3 is 2.62 bits per heavy atom. The molecule has 2 aliphatic rings. The summed E-state index contributed by atoms with van der Waals surface area (Å²) >= 11 is 1.11. The first-order chi connectivity index (χ1) is 11.7. The Morgan fingerprint density at radius 2 is 1.88 bits per heavy atom. The van der Waals surface area contributed by atoms with Crippen molar-refractivity contribution >= 4 is 21.4 Å². The highest BCUT2D eigenvalue weighted by atomic mass is 32.1. The lowest BCUT2D eigenvalue weighted by atomic mass is 10.3.